The molecule has 30 heavy (non-hydrogen) atoms. The number of alkyl carbamates (subject to hydrolysis) is 1. The van der Waals surface area contributed by atoms with Gasteiger partial charge >= 0.3 is 18.2 Å². The number of hydrogen-bond acceptors (Lipinski definition) is 4. The van der Waals surface area contributed by atoms with Crippen LogP contribution >= 0.6 is 0 Å². The molecule has 0 saturated heterocycles. The molecule has 0 spiro atoms. The van der Waals surface area contributed by atoms with E-state index in [0.717, 1.165) is 12.1 Å². The largest absolute Gasteiger partial charge is 0.481 e. The molecule has 1 unspecified atom stereocenters. The SMILES string of the molecule is CCC(C[C@H](NC(=O)OC(C)(C)C)[C@@](C)(CO)C(=O)O)c1ccc(C(F)(F)F)cc1. The van der Waals surface area contributed by atoms with Crippen LogP contribution in [0.3, 0.4) is 0 Å². The summed E-state index contributed by atoms with van der Waals surface area (Å²) < 4.78 is 43.7. The van der Waals surface area contributed by atoms with E-state index >= 15 is 0 Å². The van der Waals surface area contributed by atoms with Crippen molar-refractivity contribution in [3.05, 3.63) is 35.4 Å². The number of hydrogen-bond donors (Lipinski definition) is 3. The fourth-order valence-corrected chi connectivity index (χ4v) is 3.02. The minimum absolute atomic E-state index is 0.0878. The lowest BCUT2D eigenvalue weighted by Crippen LogP contribution is -2.54. The van der Waals surface area contributed by atoms with Crippen LogP contribution < -0.4 is 5.32 Å². The Morgan fingerprint density at radius 3 is 2.00 bits per heavy atom. The highest BCUT2D eigenvalue weighted by atomic mass is 19.4. The Morgan fingerprint density at radius 1 is 1.10 bits per heavy atom. The summed E-state index contributed by atoms with van der Waals surface area (Å²) in [5.41, 5.74) is -2.73. The number of carboxylic acid groups (broad SMARTS) is 1. The van der Waals surface area contributed by atoms with E-state index in [1.165, 1.54) is 19.1 Å². The maximum Gasteiger partial charge on any atom is 0.416 e. The summed E-state index contributed by atoms with van der Waals surface area (Å²) >= 11 is 0. The van der Waals surface area contributed by atoms with Crippen molar-refractivity contribution in [1.29, 1.82) is 0 Å². The molecule has 1 amide bonds. The van der Waals surface area contributed by atoms with Crippen LogP contribution in [0.15, 0.2) is 24.3 Å². The Labute approximate surface area is 174 Å². The number of halogens is 3. The minimum atomic E-state index is -4.46. The van der Waals surface area contributed by atoms with E-state index < -0.39 is 47.5 Å². The molecular formula is C21H30F3NO5. The molecule has 1 aromatic rings. The Balaban J connectivity index is 3.19. The van der Waals surface area contributed by atoms with Crippen LogP contribution in [0.25, 0.3) is 0 Å². The monoisotopic (exact) mass is 433 g/mol. The van der Waals surface area contributed by atoms with Gasteiger partial charge in [0.2, 0.25) is 0 Å². The lowest BCUT2D eigenvalue weighted by molar-refractivity contribution is -0.152. The third-order valence-electron chi connectivity index (χ3n) is 5.00. The first-order valence-electron chi connectivity index (χ1n) is 9.65. The number of carbonyl (C=O) groups is 2. The number of aliphatic hydroxyl groups excluding tert-OH is 1. The van der Waals surface area contributed by atoms with Crippen LogP contribution in [0.4, 0.5) is 18.0 Å². The lowest BCUT2D eigenvalue weighted by Gasteiger charge is -2.35. The van der Waals surface area contributed by atoms with Crippen LogP contribution in [0.2, 0.25) is 0 Å². The van der Waals surface area contributed by atoms with Gasteiger partial charge in [-0.2, -0.15) is 13.2 Å². The second-order valence-corrected chi connectivity index (χ2v) is 8.54. The number of amides is 1. The molecule has 0 fully saturated rings. The van der Waals surface area contributed by atoms with Crippen LogP contribution in [-0.2, 0) is 15.7 Å². The van der Waals surface area contributed by atoms with E-state index in [1.54, 1.807) is 20.8 Å². The number of carbonyl (C=O) groups excluding carboxylic acids is 1. The van der Waals surface area contributed by atoms with Gasteiger partial charge in [0.25, 0.3) is 0 Å². The predicted octanol–water partition coefficient (Wildman–Crippen LogP) is 4.57. The van der Waals surface area contributed by atoms with Gasteiger partial charge in [0.1, 0.15) is 11.0 Å². The zero-order chi connectivity index (χ0) is 23.3. The minimum Gasteiger partial charge on any atom is -0.481 e. The van der Waals surface area contributed by atoms with Crippen molar-refractivity contribution in [2.75, 3.05) is 6.61 Å². The van der Waals surface area contributed by atoms with E-state index in [1.807, 2.05) is 6.92 Å². The first kappa shape index (κ1) is 25.7. The number of carboxylic acids is 1. The molecule has 0 radical (unpaired) electrons. The third-order valence-corrected chi connectivity index (χ3v) is 5.00. The highest BCUT2D eigenvalue weighted by Gasteiger charge is 2.43. The number of ether oxygens (including phenoxy) is 1. The molecule has 3 atom stereocenters. The highest BCUT2D eigenvalue weighted by molar-refractivity contribution is 5.77. The standard InChI is InChI=1S/C21H30F3NO5/c1-6-13(14-7-9-15(10-8-14)21(22,23)24)11-16(20(5,12-26)17(27)28)25-18(29)30-19(2,3)4/h7-10,13,16,26H,6,11-12H2,1-5H3,(H,25,29)(H,27,28)/t13?,16-,20+/m0/s1. The number of aliphatic hydroxyl groups is 1. The van der Waals surface area contributed by atoms with Gasteiger partial charge in [0, 0.05) is 0 Å². The van der Waals surface area contributed by atoms with Gasteiger partial charge < -0.3 is 20.3 Å². The summed E-state index contributed by atoms with van der Waals surface area (Å²) in [5.74, 6) is -1.66. The van der Waals surface area contributed by atoms with Crippen molar-refractivity contribution >= 4 is 12.1 Å². The van der Waals surface area contributed by atoms with Crippen LogP contribution in [0.1, 0.15) is 64.5 Å². The van der Waals surface area contributed by atoms with Crippen molar-refractivity contribution in [3.8, 4) is 0 Å². The molecule has 1 rings (SSSR count). The van der Waals surface area contributed by atoms with Crippen molar-refractivity contribution in [1.82, 2.24) is 5.32 Å². The maximum atomic E-state index is 12.8. The van der Waals surface area contributed by atoms with Crippen molar-refractivity contribution in [3.63, 3.8) is 0 Å². The van der Waals surface area contributed by atoms with E-state index in [-0.39, 0.29) is 12.3 Å². The summed E-state index contributed by atoms with van der Waals surface area (Å²) in [6.45, 7) is 7.33. The number of nitrogens with one attached hydrogen (secondary N) is 1. The molecule has 0 aliphatic rings. The quantitative estimate of drug-likeness (QED) is 0.558. The van der Waals surface area contributed by atoms with E-state index in [0.29, 0.717) is 12.0 Å². The molecular weight excluding hydrogens is 403 g/mol. The summed E-state index contributed by atoms with van der Waals surface area (Å²) in [5, 5.41) is 21.9. The molecule has 6 nitrogen and oxygen atoms in total. The summed E-state index contributed by atoms with van der Waals surface area (Å²) in [6.07, 6.45) is -4.72. The fraction of sp³-hybridized carbons (Fsp3) is 0.619. The average molecular weight is 433 g/mol. The van der Waals surface area contributed by atoms with Gasteiger partial charge in [0.15, 0.2) is 0 Å². The number of rotatable bonds is 8. The predicted molar refractivity (Wildman–Crippen MR) is 105 cm³/mol. The Kier molecular flexibility index (Phi) is 8.31. The number of aliphatic carboxylic acids is 1. The normalized spacial score (nSPS) is 16.3. The lowest BCUT2D eigenvalue weighted by atomic mass is 9.76. The molecule has 0 heterocycles. The fourth-order valence-electron chi connectivity index (χ4n) is 3.02. The first-order chi connectivity index (χ1) is 13.6. The van der Waals surface area contributed by atoms with Gasteiger partial charge in [0.05, 0.1) is 18.2 Å². The van der Waals surface area contributed by atoms with Crippen LogP contribution in [-0.4, -0.2) is 40.5 Å². The number of alkyl halides is 3. The zero-order valence-electron chi connectivity index (χ0n) is 17.8. The second-order valence-electron chi connectivity index (χ2n) is 8.54. The topological polar surface area (TPSA) is 95.9 Å². The van der Waals surface area contributed by atoms with Gasteiger partial charge in [-0.15, -0.1) is 0 Å². The summed E-state index contributed by atoms with van der Waals surface area (Å²) in [7, 11) is 0. The van der Waals surface area contributed by atoms with Crippen LogP contribution in [0, 0.1) is 5.41 Å². The molecule has 0 aliphatic carbocycles. The van der Waals surface area contributed by atoms with Crippen molar-refractivity contribution in [2.24, 2.45) is 5.41 Å². The van der Waals surface area contributed by atoms with Gasteiger partial charge in [-0.25, -0.2) is 4.79 Å². The molecule has 0 bridgehead atoms. The van der Waals surface area contributed by atoms with E-state index in [9.17, 15) is 33.0 Å². The van der Waals surface area contributed by atoms with Crippen LogP contribution in [0.5, 0.6) is 0 Å². The molecule has 0 saturated carbocycles. The maximum absolute atomic E-state index is 12.8. The average Bonchev–Trinajstić information content (AvgIpc) is 2.62. The molecule has 9 heteroatoms. The Morgan fingerprint density at radius 2 is 1.63 bits per heavy atom. The zero-order valence-corrected chi connectivity index (χ0v) is 17.8. The summed E-state index contributed by atoms with van der Waals surface area (Å²) in [6, 6.07) is 3.60. The molecule has 170 valence electrons. The molecule has 1 aromatic carbocycles. The van der Waals surface area contributed by atoms with Gasteiger partial charge in [-0.1, -0.05) is 19.1 Å². The van der Waals surface area contributed by atoms with Crippen molar-refractivity contribution in [2.45, 2.75) is 71.2 Å². The first-order valence-corrected chi connectivity index (χ1v) is 9.65. The highest BCUT2D eigenvalue weighted by Crippen LogP contribution is 2.35. The Bertz CT molecular complexity index is 728. The van der Waals surface area contributed by atoms with E-state index in [4.69, 9.17) is 4.74 Å². The Hall–Kier alpha value is -2.29. The molecule has 0 aromatic heterocycles. The van der Waals surface area contributed by atoms with E-state index in [2.05, 4.69) is 5.32 Å². The second kappa shape index (κ2) is 9.68. The molecule has 3 N–H and O–H groups in total. The van der Waals surface area contributed by atoms with Gasteiger partial charge in [-0.3, -0.25) is 4.79 Å². The van der Waals surface area contributed by atoms with Gasteiger partial charge in [-0.05, 0) is 64.2 Å². The molecule has 0 aliphatic heterocycles. The number of benzene rings is 1. The third kappa shape index (κ3) is 6.90. The smallest absolute Gasteiger partial charge is 0.416 e. The summed E-state index contributed by atoms with van der Waals surface area (Å²) in [4.78, 5) is 24.1. The van der Waals surface area contributed by atoms with Crippen molar-refractivity contribution < 1.29 is 37.7 Å².